The van der Waals surface area contributed by atoms with E-state index in [4.69, 9.17) is 0 Å². The van der Waals surface area contributed by atoms with E-state index in [1.54, 1.807) is 0 Å². The Morgan fingerprint density at radius 3 is 2.09 bits per heavy atom. The molecule has 0 radical (unpaired) electrons. The van der Waals surface area contributed by atoms with E-state index in [0.29, 0.717) is 10.5 Å². The molecule has 0 aromatic heterocycles. The summed E-state index contributed by atoms with van der Waals surface area (Å²) in [6, 6.07) is 0. The first-order valence-electron chi connectivity index (χ1n) is 4.52. The molecule has 0 bridgehead atoms. The van der Waals surface area contributed by atoms with Gasteiger partial charge in [0, 0.05) is 21.3 Å². The summed E-state index contributed by atoms with van der Waals surface area (Å²) < 4.78 is 11.6. The molecular weight excluding hydrogens is 156 g/mol. The molecule has 3 atom stereocenters. The van der Waals surface area contributed by atoms with Gasteiger partial charge in [-0.2, -0.15) is 0 Å². The minimum Gasteiger partial charge on any atom is -0.259 e. The van der Waals surface area contributed by atoms with Crippen molar-refractivity contribution >= 4 is 10.8 Å². The summed E-state index contributed by atoms with van der Waals surface area (Å²) >= 11 is 0. The van der Waals surface area contributed by atoms with Crippen molar-refractivity contribution in [2.24, 2.45) is 0 Å². The van der Waals surface area contributed by atoms with E-state index in [1.165, 1.54) is 0 Å². The predicted molar refractivity (Wildman–Crippen MR) is 52.3 cm³/mol. The third kappa shape index (κ3) is 3.90. The highest BCUT2D eigenvalue weighted by Gasteiger charge is 2.15. The van der Waals surface area contributed by atoms with Gasteiger partial charge in [0.1, 0.15) is 0 Å². The van der Waals surface area contributed by atoms with Crippen LogP contribution < -0.4 is 0 Å². The average Bonchev–Trinajstić information content (AvgIpc) is 2.02. The summed E-state index contributed by atoms with van der Waals surface area (Å²) in [7, 11) is -0.609. The van der Waals surface area contributed by atoms with Gasteiger partial charge < -0.3 is 0 Å². The van der Waals surface area contributed by atoms with Crippen LogP contribution in [0.15, 0.2) is 0 Å². The molecule has 0 N–H and O–H groups in total. The first kappa shape index (κ1) is 11.2. The van der Waals surface area contributed by atoms with Gasteiger partial charge in [0.05, 0.1) is 0 Å². The number of rotatable bonds is 5. The van der Waals surface area contributed by atoms with Gasteiger partial charge in [-0.15, -0.1) is 0 Å². The predicted octanol–water partition coefficient (Wildman–Crippen LogP) is 2.72. The largest absolute Gasteiger partial charge is 0.259 e. The fraction of sp³-hybridized carbons (Fsp3) is 1.00. The third-order valence-electron chi connectivity index (χ3n) is 2.06. The third-order valence-corrected chi connectivity index (χ3v) is 4.22. The first-order chi connectivity index (χ1) is 5.13. The Balaban J connectivity index is 3.81. The first-order valence-corrected chi connectivity index (χ1v) is 5.80. The van der Waals surface area contributed by atoms with Crippen LogP contribution in [0, 0.1) is 0 Å². The van der Waals surface area contributed by atoms with E-state index < -0.39 is 10.8 Å². The Bertz CT molecular complexity index is 123. The quantitative estimate of drug-likeness (QED) is 0.629. The highest BCUT2D eigenvalue weighted by atomic mass is 32.2. The fourth-order valence-corrected chi connectivity index (χ4v) is 2.67. The van der Waals surface area contributed by atoms with Crippen molar-refractivity contribution in [3.63, 3.8) is 0 Å². The lowest BCUT2D eigenvalue weighted by Gasteiger charge is -2.14. The molecule has 1 nitrogen and oxygen atoms in total. The maximum Gasteiger partial charge on any atom is 0.0322 e. The van der Waals surface area contributed by atoms with Gasteiger partial charge in [-0.1, -0.05) is 34.1 Å². The Morgan fingerprint density at radius 2 is 1.73 bits per heavy atom. The summed E-state index contributed by atoms with van der Waals surface area (Å²) in [6.07, 6.45) is 3.26. The second-order valence-corrected chi connectivity index (χ2v) is 5.41. The summed E-state index contributed by atoms with van der Waals surface area (Å²) in [5, 5.41) is 0.756. The van der Waals surface area contributed by atoms with Crippen LogP contribution in [-0.2, 0) is 10.8 Å². The van der Waals surface area contributed by atoms with E-state index in [0.717, 1.165) is 19.3 Å². The molecule has 0 aromatic carbocycles. The second-order valence-electron chi connectivity index (χ2n) is 3.15. The summed E-state index contributed by atoms with van der Waals surface area (Å²) in [5.74, 6) is 0. The van der Waals surface area contributed by atoms with Gasteiger partial charge in [0.2, 0.25) is 0 Å². The van der Waals surface area contributed by atoms with Crippen LogP contribution in [0.2, 0.25) is 0 Å². The van der Waals surface area contributed by atoms with Crippen LogP contribution in [0.25, 0.3) is 0 Å². The standard InChI is InChI=1S/C9H20OS/c1-5-7-9(4)11(10)8(3)6-2/h8-9H,5-7H2,1-4H3. The van der Waals surface area contributed by atoms with Gasteiger partial charge >= 0.3 is 0 Å². The molecule has 0 spiro atoms. The highest BCUT2D eigenvalue weighted by molar-refractivity contribution is 7.86. The van der Waals surface area contributed by atoms with Gasteiger partial charge in [0.25, 0.3) is 0 Å². The van der Waals surface area contributed by atoms with Crippen molar-refractivity contribution in [1.29, 1.82) is 0 Å². The minimum absolute atomic E-state index is 0.372. The van der Waals surface area contributed by atoms with Gasteiger partial charge in [-0.05, 0) is 12.8 Å². The molecule has 11 heavy (non-hydrogen) atoms. The lowest BCUT2D eigenvalue weighted by molar-refractivity contribution is 0.648. The smallest absolute Gasteiger partial charge is 0.0322 e. The zero-order valence-corrected chi connectivity index (χ0v) is 8.91. The summed E-state index contributed by atoms with van der Waals surface area (Å²) in [4.78, 5) is 0. The van der Waals surface area contributed by atoms with E-state index in [-0.39, 0.29) is 0 Å². The molecule has 0 aromatic rings. The van der Waals surface area contributed by atoms with E-state index >= 15 is 0 Å². The topological polar surface area (TPSA) is 17.1 Å². The molecule has 68 valence electrons. The van der Waals surface area contributed by atoms with E-state index in [1.807, 2.05) is 0 Å². The van der Waals surface area contributed by atoms with Crippen LogP contribution in [0.3, 0.4) is 0 Å². The normalized spacial score (nSPS) is 19.3. The lowest BCUT2D eigenvalue weighted by atomic mass is 10.3. The molecule has 0 heterocycles. The van der Waals surface area contributed by atoms with Crippen molar-refractivity contribution in [2.45, 2.75) is 57.5 Å². The maximum atomic E-state index is 11.6. The minimum atomic E-state index is -0.609. The monoisotopic (exact) mass is 176 g/mol. The van der Waals surface area contributed by atoms with Crippen molar-refractivity contribution in [3.8, 4) is 0 Å². The van der Waals surface area contributed by atoms with Crippen LogP contribution in [0.1, 0.15) is 47.0 Å². The maximum absolute atomic E-state index is 11.6. The Labute approximate surface area is 73.0 Å². The fourth-order valence-electron chi connectivity index (χ4n) is 1.08. The Hall–Kier alpha value is 0.150. The molecule has 0 amide bonds. The second kappa shape index (κ2) is 5.76. The van der Waals surface area contributed by atoms with Crippen molar-refractivity contribution < 1.29 is 4.21 Å². The molecular formula is C9H20OS. The van der Waals surface area contributed by atoms with Gasteiger partial charge in [-0.3, -0.25) is 4.21 Å². The highest BCUT2D eigenvalue weighted by Crippen LogP contribution is 2.11. The van der Waals surface area contributed by atoms with E-state index in [2.05, 4.69) is 27.7 Å². The summed E-state index contributed by atoms with van der Waals surface area (Å²) in [5.41, 5.74) is 0. The zero-order valence-electron chi connectivity index (χ0n) is 8.09. The molecule has 0 saturated carbocycles. The molecule has 0 saturated heterocycles. The van der Waals surface area contributed by atoms with Gasteiger partial charge in [0.15, 0.2) is 0 Å². The van der Waals surface area contributed by atoms with Crippen LogP contribution in [0.5, 0.6) is 0 Å². The molecule has 0 rings (SSSR count). The van der Waals surface area contributed by atoms with Crippen molar-refractivity contribution in [1.82, 2.24) is 0 Å². The lowest BCUT2D eigenvalue weighted by Crippen LogP contribution is -2.20. The molecule has 0 aliphatic heterocycles. The zero-order chi connectivity index (χ0) is 8.85. The van der Waals surface area contributed by atoms with Gasteiger partial charge in [-0.25, -0.2) is 0 Å². The summed E-state index contributed by atoms with van der Waals surface area (Å²) in [6.45, 7) is 8.40. The SMILES string of the molecule is CCCC(C)S(=O)C(C)CC. The number of hydrogen-bond donors (Lipinski definition) is 0. The number of hydrogen-bond acceptors (Lipinski definition) is 1. The Kier molecular flexibility index (Phi) is 5.83. The molecule has 2 heteroatoms. The molecule has 0 aliphatic rings. The van der Waals surface area contributed by atoms with Crippen molar-refractivity contribution in [2.75, 3.05) is 0 Å². The van der Waals surface area contributed by atoms with Crippen LogP contribution >= 0.6 is 0 Å². The molecule has 0 fully saturated rings. The molecule has 0 aliphatic carbocycles. The van der Waals surface area contributed by atoms with E-state index in [9.17, 15) is 4.21 Å². The average molecular weight is 176 g/mol. The van der Waals surface area contributed by atoms with Crippen LogP contribution in [0.4, 0.5) is 0 Å². The van der Waals surface area contributed by atoms with Crippen molar-refractivity contribution in [3.05, 3.63) is 0 Å². The van der Waals surface area contributed by atoms with Crippen LogP contribution in [-0.4, -0.2) is 14.7 Å². The Morgan fingerprint density at radius 1 is 1.18 bits per heavy atom. The molecule has 3 unspecified atom stereocenters.